The van der Waals surface area contributed by atoms with E-state index in [1.165, 1.54) is 39.5 Å². The van der Waals surface area contributed by atoms with Gasteiger partial charge in [0.05, 0.1) is 33.3 Å². The van der Waals surface area contributed by atoms with Crippen molar-refractivity contribution in [3.63, 3.8) is 0 Å². The Balaban J connectivity index is 2.18. The summed E-state index contributed by atoms with van der Waals surface area (Å²) >= 11 is 0. The number of sulfonamides is 1. The number of carbonyl (C=O) groups is 1. The molecule has 2 aromatic carbocycles. The molecule has 0 saturated carbocycles. The highest BCUT2D eigenvalue weighted by atomic mass is 32.2. The maximum Gasteiger partial charge on any atom is 0.241 e. The quantitative estimate of drug-likeness (QED) is 0.659. The molecular formula is C19H23FN2O6S. The van der Waals surface area contributed by atoms with Crippen molar-refractivity contribution in [1.29, 1.82) is 0 Å². The largest absolute Gasteiger partial charge is 0.493 e. The summed E-state index contributed by atoms with van der Waals surface area (Å²) in [5.41, 5.74) is 0.668. The number of hydrogen-bond donors (Lipinski definition) is 1. The van der Waals surface area contributed by atoms with Crippen molar-refractivity contribution in [2.75, 3.05) is 38.4 Å². The van der Waals surface area contributed by atoms with Gasteiger partial charge in [-0.25, -0.2) is 12.8 Å². The van der Waals surface area contributed by atoms with Crippen LogP contribution < -0.4 is 23.8 Å². The van der Waals surface area contributed by atoms with Gasteiger partial charge in [0.25, 0.3) is 0 Å². The number of hydrogen-bond acceptors (Lipinski definition) is 6. The van der Waals surface area contributed by atoms with Crippen LogP contribution in [-0.4, -0.2) is 48.5 Å². The zero-order valence-electron chi connectivity index (χ0n) is 16.6. The monoisotopic (exact) mass is 426 g/mol. The minimum Gasteiger partial charge on any atom is -0.493 e. The van der Waals surface area contributed by atoms with E-state index in [1.807, 2.05) is 0 Å². The van der Waals surface area contributed by atoms with Gasteiger partial charge < -0.3 is 19.5 Å². The second-order valence-corrected chi connectivity index (χ2v) is 7.93. The van der Waals surface area contributed by atoms with Gasteiger partial charge in [-0.15, -0.1) is 0 Å². The Bertz CT molecular complexity index is 981. The van der Waals surface area contributed by atoms with Gasteiger partial charge in [-0.2, -0.15) is 0 Å². The number of ether oxygens (including phenoxy) is 3. The maximum atomic E-state index is 13.5. The van der Waals surface area contributed by atoms with Crippen molar-refractivity contribution >= 4 is 21.6 Å². The first-order valence-electron chi connectivity index (χ1n) is 8.49. The number of rotatable bonds is 9. The molecule has 1 amide bonds. The molecule has 0 bridgehead atoms. The van der Waals surface area contributed by atoms with Crippen LogP contribution >= 0.6 is 0 Å². The molecule has 0 spiro atoms. The lowest BCUT2D eigenvalue weighted by molar-refractivity contribution is -0.119. The van der Waals surface area contributed by atoms with Crippen molar-refractivity contribution in [3.8, 4) is 17.2 Å². The van der Waals surface area contributed by atoms with E-state index < -0.39 is 28.3 Å². The van der Waals surface area contributed by atoms with E-state index in [2.05, 4.69) is 5.32 Å². The summed E-state index contributed by atoms with van der Waals surface area (Å²) in [6, 6.07) is 8.38. The van der Waals surface area contributed by atoms with Gasteiger partial charge in [0, 0.05) is 12.1 Å². The maximum absolute atomic E-state index is 13.5. The summed E-state index contributed by atoms with van der Waals surface area (Å²) in [5, 5.41) is 2.63. The Morgan fingerprint density at radius 1 is 1.07 bits per heavy atom. The van der Waals surface area contributed by atoms with E-state index >= 15 is 0 Å². The molecule has 0 radical (unpaired) electrons. The molecule has 8 nitrogen and oxygen atoms in total. The molecule has 0 atom stereocenters. The van der Waals surface area contributed by atoms with Crippen molar-refractivity contribution < 1.29 is 31.8 Å². The average molecular weight is 426 g/mol. The van der Waals surface area contributed by atoms with Crippen LogP contribution in [0.25, 0.3) is 0 Å². The topological polar surface area (TPSA) is 94.2 Å². The number of anilines is 1. The Kier molecular flexibility index (Phi) is 7.27. The molecule has 2 aromatic rings. The van der Waals surface area contributed by atoms with E-state index in [0.717, 1.165) is 16.6 Å². The second kappa shape index (κ2) is 9.46. The minimum atomic E-state index is -3.80. The van der Waals surface area contributed by atoms with Crippen LogP contribution in [0.15, 0.2) is 36.4 Å². The van der Waals surface area contributed by atoms with Crippen LogP contribution in [0.1, 0.15) is 5.56 Å². The molecule has 2 rings (SSSR count). The highest BCUT2D eigenvalue weighted by molar-refractivity contribution is 7.92. The van der Waals surface area contributed by atoms with Gasteiger partial charge >= 0.3 is 0 Å². The summed E-state index contributed by atoms with van der Waals surface area (Å²) < 4.78 is 54.3. The summed E-state index contributed by atoms with van der Waals surface area (Å²) in [7, 11) is 0.611. The fourth-order valence-electron chi connectivity index (χ4n) is 2.71. The van der Waals surface area contributed by atoms with Crippen molar-refractivity contribution in [2.45, 2.75) is 6.54 Å². The lowest BCUT2D eigenvalue weighted by Gasteiger charge is -2.22. The first-order chi connectivity index (χ1) is 13.7. The first-order valence-corrected chi connectivity index (χ1v) is 10.3. The zero-order chi connectivity index (χ0) is 21.6. The van der Waals surface area contributed by atoms with Crippen molar-refractivity contribution in [2.24, 2.45) is 0 Å². The normalized spacial score (nSPS) is 10.9. The number of nitrogens with zero attached hydrogens (tertiary/aromatic N) is 1. The molecule has 0 saturated heterocycles. The molecule has 158 valence electrons. The molecule has 0 heterocycles. The molecule has 0 aromatic heterocycles. The third-order valence-corrected chi connectivity index (χ3v) is 5.19. The fraction of sp³-hybridized carbons (Fsp3) is 0.316. The van der Waals surface area contributed by atoms with Crippen molar-refractivity contribution in [1.82, 2.24) is 5.32 Å². The molecule has 0 aliphatic carbocycles. The molecule has 29 heavy (non-hydrogen) atoms. The SMILES string of the molecule is COc1ccc(CNC(=O)CN(c2cccc(F)c2)S(C)(=O)=O)c(OC)c1OC. The molecule has 0 unspecified atom stereocenters. The van der Waals surface area contributed by atoms with E-state index in [9.17, 15) is 17.6 Å². The van der Waals surface area contributed by atoms with Crippen LogP contribution in [0.2, 0.25) is 0 Å². The van der Waals surface area contributed by atoms with Gasteiger partial charge in [0.2, 0.25) is 21.7 Å². The standard InChI is InChI=1S/C19H23FN2O6S/c1-26-16-9-8-13(18(27-2)19(16)28-3)11-21-17(23)12-22(29(4,24)25)15-7-5-6-14(20)10-15/h5-10H,11-12H2,1-4H3,(H,21,23). The lowest BCUT2D eigenvalue weighted by Crippen LogP contribution is -2.40. The number of halogens is 1. The predicted molar refractivity (Wildman–Crippen MR) is 107 cm³/mol. The van der Waals surface area contributed by atoms with Crippen molar-refractivity contribution in [3.05, 3.63) is 47.8 Å². The summed E-state index contributed by atoms with van der Waals surface area (Å²) in [5.74, 6) is 0.0495. The van der Waals surface area contributed by atoms with E-state index in [1.54, 1.807) is 12.1 Å². The van der Waals surface area contributed by atoms with E-state index in [0.29, 0.717) is 22.8 Å². The smallest absolute Gasteiger partial charge is 0.241 e. The molecule has 0 aliphatic rings. The summed E-state index contributed by atoms with van der Waals surface area (Å²) in [6.07, 6.45) is 0.947. The Hall–Kier alpha value is -3.01. The van der Waals surface area contributed by atoms with E-state index in [-0.39, 0.29) is 12.2 Å². The number of carbonyl (C=O) groups excluding carboxylic acids is 1. The highest BCUT2D eigenvalue weighted by Gasteiger charge is 2.22. The zero-order valence-corrected chi connectivity index (χ0v) is 17.4. The highest BCUT2D eigenvalue weighted by Crippen LogP contribution is 2.39. The molecule has 0 aliphatic heterocycles. The third-order valence-electron chi connectivity index (χ3n) is 4.05. The minimum absolute atomic E-state index is 0.0586. The summed E-state index contributed by atoms with van der Waals surface area (Å²) in [4.78, 5) is 12.4. The Labute approximate surface area is 169 Å². The Morgan fingerprint density at radius 3 is 2.31 bits per heavy atom. The second-order valence-electron chi connectivity index (χ2n) is 6.02. The lowest BCUT2D eigenvalue weighted by atomic mass is 10.1. The average Bonchev–Trinajstić information content (AvgIpc) is 2.68. The van der Waals surface area contributed by atoms with Gasteiger partial charge in [-0.3, -0.25) is 9.10 Å². The van der Waals surface area contributed by atoms with Crippen LogP contribution in [0, 0.1) is 5.82 Å². The number of benzene rings is 2. The van der Waals surface area contributed by atoms with Gasteiger partial charge in [-0.05, 0) is 30.3 Å². The van der Waals surface area contributed by atoms with Crippen LogP contribution in [-0.2, 0) is 21.4 Å². The predicted octanol–water partition coefficient (Wildman–Crippen LogP) is 1.93. The number of methoxy groups -OCH3 is 3. The third kappa shape index (κ3) is 5.50. The molecule has 1 N–H and O–H groups in total. The number of amides is 1. The molecule has 0 fully saturated rings. The van der Waals surface area contributed by atoms with Crippen LogP contribution in [0.3, 0.4) is 0 Å². The summed E-state index contributed by atoms with van der Waals surface area (Å²) in [6.45, 7) is -0.443. The molecular weight excluding hydrogens is 403 g/mol. The van der Waals surface area contributed by atoms with E-state index in [4.69, 9.17) is 14.2 Å². The van der Waals surface area contributed by atoms with Gasteiger partial charge in [0.15, 0.2) is 11.5 Å². The van der Waals surface area contributed by atoms with Gasteiger partial charge in [0.1, 0.15) is 12.4 Å². The molecule has 10 heteroatoms. The first kappa shape index (κ1) is 22.3. The fourth-order valence-corrected chi connectivity index (χ4v) is 3.56. The number of nitrogens with one attached hydrogen (secondary N) is 1. The Morgan fingerprint density at radius 2 is 1.76 bits per heavy atom. The van der Waals surface area contributed by atoms with Gasteiger partial charge in [-0.1, -0.05) is 6.07 Å². The van der Waals surface area contributed by atoms with Crippen LogP contribution in [0.5, 0.6) is 17.2 Å². The van der Waals surface area contributed by atoms with Crippen LogP contribution in [0.4, 0.5) is 10.1 Å².